The lowest BCUT2D eigenvalue weighted by atomic mass is 10.1. The Morgan fingerprint density at radius 3 is 2.78 bits per heavy atom. The summed E-state index contributed by atoms with van der Waals surface area (Å²) in [5.41, 5.74) is 1.08. The van der Waals surface area contributed by atoms with Crippen LogP contribution in [0.5, 0.6) is 11.5 Å². The van der Waals surface area contributed by atoms with Crippen LogP contribution in [0.2, 0.25) is 0 Å². The molecule has 0 fully saturated rings. The molecule has 0 bridgehead atoms. The first kappa shape index (κ1) is 15.0. The Balaban J connectivity index is 1.85. The van der Waals surface area contributed by atoms with Crippen molar-refractivity contribution in [2.24, 2.45) is 5.92 Å². The first-order valence-corrected chi connectivity index (χ1v) is 7.25. The lowest BCUT2D eigenvalue weighted by molar-refractivity contribution is -0.137. The summed E-state index contributed by atoms with van der Waals surface area (Å²) in [6.45, 7) is 3.51. The van der Waals surface area contributed by atoms with Crippen LogP contribution in [0.4, 0.5) is 0 Å². The van der Waals surface area contributed by atoms with Gasteiger partial charge in [-0.25, -0.2) is 0 Å². The van der Waals surface area contributed by atoms with Crippen molar-refractivity contribution in [3.63, 3.8) is 0 Å². The summed E-state index contributed by atoms with van der Waals surface area (Å²) in [6, 6.07) is 10.1. The zero-order valence-electron chi connectivity index (χ0n) is 12.8. The Bertz CT molecular complexity index is 794. The van der Waals surface area contributed by atoms with Crippen LogP contribution in [-0.2, 0) is 4.79 Å². The van der Waals surface area contributed by atoms with Gasteiger partial charge in [-0.05, 0) is 24.3 Å². The molecule has 0 unspecified atom stereocenters. The van der Waals surface area contributed by atoms with Gasteiger partial charge in [-0.3, -0.25) is 14.6 Å². The number of pyridine rings is 1. The maximum absolute atomic E-state index is 12.3. The number of ether oxygens (including phenoxy) is 2. The predicted molar refractivity (Wildman–Crippen MR) is 84.1 cm³/mol. The van der Waals surface area contributed by atoms with Gasteiger partial charge in [0.2, 0.25) is 5.78 Å². The Kier molecular flexibility index (Phi) is 3.93. The number of aromatic nitrogens is 1. The molecule has 1 aliphatic rings. The number of nitrogens with zero attached hydrogens (tertiary/aromatic N) is 1. The van der Waals surface area contributed by atoms with E-state index in [9.17, 15) is 9.59 Å². The largest absolute Gasteiger partial charge is 0.452 e. The fourth-order valence-corrected chi connectivity index (χ4v) is 2.06. The monoisotopic (exact) mass is 309 g/mol. The molecule has 2 heterocycles. The number of rotatable bonds is 3. The van der Waals surface area contributed by atoms with Gasteiger partial charge in [0.15, 0.2) is 5.76 Å². The quantitative estimate of drug-likeness (QED) is 0.494. The van der Waals surface area contributed by atoms with E-state index in [1.165, 1.54) is 0 Å². The summed E-state index contributed by atoms with van der Waals surface area (Å²) < 4.78 is 10.8. The van der Waals surface area contributed by atoms with E-state index in [0.29, 0.717) is 22.8 Å². The number of hydrogen-bond acceptors (Lipinski definition) is 5. The van der Waals surface area contributed by atoms with Gasteiger partial charge >= 0.3 is 5.97 Å². The highest BCUT2D eigenvalue weighted by Crippen LogP contribution is 2.34. The fraction of sp³-hybridized carbons (Fsp3) is 0.167. The number of carbonyl (C=O) groups is 2. The van der Waals surface area contributed by atoms with Crippen molar-refractivity contribution < 1.29 is 19.1 Å². The van der Waals surface area contributed by atoms with E-state index >= 15 is 0 Å². The molecule has 1 aromatic heterocycles. The van der Waals surface area contributed by atoms with Gasteiger partial charge in [-0.2, -0.15) is 0 Å². The Hall–Kier alpha value is -2.95. The molecular formula is C18H15NO4. The van der Waals surface area contributed by atoms with Gasteiger partial charge in [0.25, 0.3) is 0 Å². The second kappa shape index (κ2) is 6.04. The van der Waals surface area contributed by atoms with Gasteiger partial charge in [0, 0.05) is 18.3 Å². The van der Waals surface area contributed by atoms with Crippen LogP contribution in [0.3, 0.4) is 0 Å². The van der Waals surface area contributed by atoms with E-state index in [-0.39, 0.29) is 23.4 Å². The van der Waals surface area contributed by atoms with Gasteiger partial charge in [0.05, 0.1) is 17.2 Å². The van der Waals surface area contributed by atoms with E-state index in [4.69, 9.17) is 9.47 Å². The molecule has 5 heteroatoms. The van der Waals surface area contributed by atoms with Crippen molar-refractivity contribution in [3.8, 4) is 11.5 Å². The number of benzene rings is 1. The maximum Gasteiger partial charge on any atom is 0.313 e. The topological polar surface area (TPSA) is 65.5 Å². The number of esters is 1. The zero-order valence-corrected chi connectivity index (χ0v) is 12.8. The Morgan fingerprint density at radius 1 is 1.26 bits per heavy atom. The minimum Gasteiger partial charge on any atom is -0.452 e. The van der Waals surface area contributed by atoms with Crippen LogP contribution in [-0.4, -0.2) is 16.7 Å². The van der Waals surface area contributed by atoms with Gasteiger partial charge < -0.3 is 9.47 Å². The number of hydrogen-bond donors (Lipinski definition) is 0. The lowest BCUT2D eigenvalue weighted by Gasteiger charge is -2.07. The molecule has 5 nitrogen and oxygen atoms in total. The number of allylic oxidation sites excluding steroid dienone is 1. The Labute approximate surface area is 133 Å². The summed E-state index contributed by atoms with van der Waals surface area (Å²) >= 11 is 0. The number of Topliss-reactive ketones (excluding diaryl/α,β-unsaturated/α-hetero) is 1. The molecular weight excluding hydrogens is 294 g/mol. The maximum atomic E-state index is 12.3. The van der Waals surface area contributed by atoms with Gasteiger partial charge in [-0.1, -0.05) is 19.9 Å². The van der Waals surface area contributed by atoms with Crippen LogP contribution in [0.1, 0.15) is 29.9 Å². The summed E-state index contributed by atoms with van der Waals surface area (Å²) in [4.78, 5) is 28.1. The molecule has 0 saturated carbocycles. The van der Waals surface area contributed by atoms with E-state index in [1.54, 1.807) is 56.5 Å². The van der Waals surface area contributed by atoms with Crippen LogP contribution < -0.4 is 9.47 Å². The fourth-order valence-electron chi connectivity index (χ4n) is 2.06. The summed E-state index contributed by atoms with van der Waals surface area (Å²) in [5.74, 6) is 0.155. The zero-order chi connectivity index (χ0) is 16.4. The molecule has 0 atom stereocenters. The molecule has 116 valence electrons. The minimum atomic E-state index is -0.335. The highest BCUT2D eigenvalue weighted by molar-refractivity contribution is 6.14. The molecule has 0 amide bonds. The number of ketones is 1. The first-order valence-electron chi connectivity index (χ1n) is 7.25. The van der Waals surface area contributed by atoms with Crippen LogP contribution in [0, 0.1) is 5.92 Å². The predicted octanol–water partition coefficient (Wildman–Crippen LogP) is 3.26. The molecule has 0 aliphatic carbocycles. The second-order valence-electron chi connectivity index (χ2n) is 5.43. The molecule has 1 aliphatic heterocycles. The third-order valence-electron chi connectivity index (χ3n) is 3.30. The van der Waals surface area contributed by atoms with Crippen molar-refractivity contribution in [2.45, 2.75) is 13.8 Å². The first-order chi connectivity index (χ1) is 11.0. The van der Waals surface area contributed by atoms with Gasteiger partial charge in [-0.15, -0.1) is 0 Å². The van der Waals surface area contributed by atoms with Crippen LogP contribution in [0.15, 0.2) is 48.4 Å². The lowest BCUT2D eigenvalue weighted by Crippen LogP contribution is -2.14. The Morgan fingerprint density at radius 2 is 2.09 bits per heavy atom. The van der Waals surface area contributed by atoms with Gasteiger partial charge in [0.1, 0.15) is 11.5 Å². The highest BCUT2D eigenvalue weighted by Gasteiger charge is 2.28. The number of fused-ring (bicyclic) bond motifs is 1. The van der Waals surface area contributed by atoms with Crippen molar-refractivity contribution in [3.05, 3.63) is 59.6 Å². The summed E-state index contributed by atoms with van der Waals surface area (Å²) in [5, 5.41) is 0. The molecule has 2 aromatic rings. The average molecular weight is 309 g/mol. The van der Waals surface area contributed by atoms with Crippen LogP contribution >= 0.6 is 0 Å². The summed E-state index contributed by atoms with van der Waals surface area (Å²) in [7, 11) is 0. The van der Waals surface area contributed by atoms with Crippen LogP contribution in [0.25, 0.3) is 6.08 Å². The highest BCUT2D eigenvalue weighted by atomic mass is 16.5. The van der Waals surface area contributed by atoms with Crippen molar-refractivity contribution in [1.29, 1.82) is 0 Å². The SMILES string of the molecule is CC(C)C(=O)Oc1ccc2c(c1)O/C(=C\c1ccccn1)C2=O. The van der Waals surface area contributed by atoms with E-state index in [0.717, 1.165) is 0 Å². The standard InChI is InChI=1S/C18H15NO4/c1-11(2)18(21)22-13-6-7-14-15(10-13)23-16(17(14)20)9-12-5-3-4-8-19-12/h3-11H,1-2H3/b16-9-. The van der Waals surface area contributed by atoms with Crippen molar-refractivity contribution in [1.82, 2.24) is 4.98 Å². The molecule has 0 saturated heterocycles. The third kappa shape index (κ3) is 3.13. The smallest absolute Gasteiger partial charge is 0.313 e. The molecule has 0 radical (unpaired) electrons. The second-order valence-corrected chi connectivity index (χ2v) is 5.43. The van der Waals surface area contributed by atoms with E-state index in [2.05, 4.69) is 4.98 Å². The van der Waals surface area contributed by atoms with E-state index < -0.39 is 0 Å². The summed E-state index contributed by atoms with van der Waals surface area (Å²) in [6.07, 6.45) is 3.23. The molecule has 0 spiro atoms. The normalized spacial score (nSPS) is 14.7. The number of carbonyl (C=O) groups excluding carboxylic acids is 2. The average Bonchev–Trinajstić information content (AvgIpc) is 2.84. The minimum absolute atomic E-state index is 0.200. The van der Waals surface area contributed by atoms with Crippen molar-refractivity contribution in [2.75, 3.05) is 0 Å². The molecule has 1 aromatic carbocycles. The third-order valence-corrected chi connectivity index (χ3v) is 3.30. The molecule has 3 rings (SSSR count). The van der Waals surface area contributed by atoms with E-state index in [1.807, 2.05) is 6.07 Å². The van der Waals surface area contributed by atoms with Crippen molar-refractivity contribution >= 4 is 17.8 Å². The molecule has 0 N–H and O–H groups in total. The molecule has 23 heavy (non-hydrogen) atoms.